The Kier molecular flexibility index (Phi) is 3.08. The Labute approximate surface area is 112 Å². The number of hydrogen-bond donors (Lipinski definition) is 1. The Balaban J connectivity index is 1.59. The molecule has 2 unspecified atom stereocenters. The summed E-state index contributed by atoms with van der Waals surface area (Å²) in [5, 5.41) is 2.98. The molecule has 1 saturated heterocycles. The van der Waals surface area contributed by atoms with Gasteiger partial charge in [0.05, 0.1) is 17.4 Å². The van der Waals surface area contributed by atoms with E-state index in [1.165, 1.54) is 0 Å². The Bertz CT molecular complexity index is 593. The number of fused-ring (bicyclic) bond motifs is 1. The fraction of sp³-hybridized carbons (Fsp3) is 0.667. The molecule has 7 heteroatoms. The number of aryl methyl sites for hydroxylation is 1. The first-order chi connectivity index (χ1) is 9.03. The minimum atomic E-state index is -3.00. The van der Waals surface area contributed by atoms with Crippen LogP contribution in [0, 0.1) is 5.92 Å². The highest BCUT2D eigenvalue weighted by Gasteiger charge is 2.34. The lowest BCUT2D eigenvalue weighted by Crippen LogP contribution is -2.43. The zero-order valence-corrected chi connectivity index (χ0v) is 11.4. The van der Waals surface area contributed by atoms with Crippen molar-refractivity contribution in [2.45, 2.75) is 31.8 Å². The van der Waals surface area contributed by atoms with E-state index in [4.69, 9.17) is 0 Å². The van der Waals surface area contributed by atoms with Gasteiger partial charge in [0, 0.05) is 31.4 Å². The number of imidazole rings is 1. The van der Waals surface area contributed by atoms with Crippen LogP contribution < -0.4 is 5.32 Å². The van der Waals surface area contributed by atoms with E-state index in [1.54, 1.807) is 6.20 Å². The van der Waals surface area contributed by atoms with Crippen LogP contribution in [-0.4, -0.2) is 41.4 Å². The van der Waals surface area contributed by atoms with Crippen LogP contribution in [0.15, 0.2) is 12.4 Å². The van der Waals surface area contributed by atoms with Gasteiger partial charge in [0.1, 0.15) is 5.82 Å². The van der Waals surface area contributed by atoms with Gasteiger partial charge in [0.25, 0.3) is 0 Å². The molecule has 2 atom stereocenters. The molecule has 0 spiro atoms. The van der Waals surface area contributed by atoms with Crippen molar-refractivity contribution in [2.24, 2.45) is 5.92 Å². The van der Waals surface area contributed by atoms with E-state index in [-0.39, 0.29) is 29.4 Å². The van der Waals surface area contributed by atoms with Gasteiger partial charge in [-0.2, -0.15) is 0 Å². The number of nitrogens with one attached hydrogen (secondary N) is 1. The number of rotatable bonds is 2. The Morgan fingerprint density at radius 3 is 3.00 bits per heavy atom. The summed E-state index contributed by atoms with van der Waals surface area (Å²) >= 11 is 0. The van der Waals surface area contributed by atoms with E-state index in [0.29, 0.717) is 6.42 Å². The number of nitrogens with zero attached hydrogens (tertiary/aromatic N) is 2. The normalized spacial score (nSPS) is 28.8. The number of aromatic nitrogens is 2. The van der Waals surface area contributed by atoms with Crippen LogP contribution in [0.25, 0.3) is 0 Å². The monoisotopic (exact) mass is 283 g/mol. The molecule has 0 saturated carbocycles. The van der Waals surface area contributed by atoms with Crippen LogP contribution in [0.2, 0.25) is 0 Å². The van der Waals surface area contributed by atoms with Gasteiger partial charge in [-0.3, -0.25) is 4.79 Å². The zero-order valence-electron chi connectivity index (χ0n) is 10.6. The molecule has 1 N–H and O–H groups in total. The molecule has 6 nitrogen and oxygen atoms in total. The van der Waals surface area contributed by atoms with Gasteiger partial charge in [-0.1, -0.05) is 0 Å². The van der Waals surface area contributed by atoms with Gasteiger partial charge in [-0.25, -0.2) is 13.4 Å². The van der Waals surface area contributed by atoms with Crippen molar-refractivity contribution in [1.82, 2.24) is 14.9 Å². The van der Waals surface area contributed by atoms with Gasteiger partial charge in [-0.15, -0.1) is 0 Å². The highest BCUT2D eigenvalue weighted by Crippen LogP contribution is 2.20. The van der Waals surface area contributed by atoms with E-state index in [9.17, 15) is 13.2 Å². The molecule has 0 bridgehead atoms. The number of sulfone groups is 1. The highest BCUT2D eigenvalue weighted by atomic mass is 32.2. The second kappa shape index (κ2) is 4.63. The lowest BCUT2D eigenvalue weighted by Gasteiger charge is -2.25. The van der Waals surface area contributed by atoms with Crippen LogP contribution in [-0.2, 0) is 27.6 Å². The smallest absolute Gasteiger partial charge is 0.224 e. The van der Waals surface area contributed by atoms with Crippen LogP contribution in [0.4, 0.5) is 0 Å². The van der Waals surface area contributed by atoms with Gasteiger partial charge >= 0.3 is 0 Å². The maximum atomic E-state index is 12.1. The molecule has 104 valence electrons. The topological polar surface area (TPSA) is 81.1 Å². The summed E-state index contributed by atoms with van der Waals surface area (Å²) in [6, 6.07) is 0.0810. The largest absolute Gasteiger partial charge is 0.351 e. The molecule has 19 heavy (non-hydrogen) atoms. The summed E-state index contributed by atoms with van der Waals surface area (Å²) in [6.45, 7) is 0.723. The van der Waals surface area contributed by atoms with Crippen LogP contribution in [0.3, 0.4) is 0 Å². The molecule has 1 aromatic rings. The molecule has 3 rings (SSSR count). The molecule has 1 amide bonds. The van der Waals surface area contributed by atoms with Gasteiger partial charge < -0.3 is 9.88 Å². The average Bonchev–Trinajstić information content (AvgIpc) is 2.94. The van der Waals surface area contributed by atoms with Crippen LogP contribution in [0.5, 0.6) is 0 Å². The molecule has 1 fully saturated rings. The van der Waals surface area contributed by atoms with E-state index in [1.807, 2.05) is 10.8 Å². The first-order valence-corrected chi connectivity index (χ1v) is 8.36. The van der Waals surface area contributed by atoms with E-state index in [2.05, 4.69) is 10.3 Å². The maximum absolute atomic E-state index is 12.1. The van der Waals surface area contributed by atoms with Crippen molar-refractivity contribution >= 4 is 15.7 Å². The van der Waals surface area contributed by atoms with E-state index in [0.717, 1.165) is 25.2 Å². The molecule has 2 aliphatic rings. The summed E-state index contributed by atoms with van der Waals surface area (Å²) in [7, 11) is -3.00. The van der Waals surface area contributed by atoms with Crippen molar-refractivity contribution in [2.75, 3.05) is 11.5 Å². The van der Waals surface area contributed by atoms with Gasteiger partial charge in [0.15, 0.2) is 9.84 Å². The predicted molar refractivity (Wildman–Crippen MR) is 69.2 cm³/mol. The van der Waals surface area contributed by atoms with Crippen molar-refractivity contribution in [1.29, 1.82) is 0 Å². The summed E-state index contributed by atoms with van der Waals surface area (Å²) in [5.74, 6) is 0.710. The quantitative estimate of drug-likeness (QED) is 0.811. The number of carbonyl (C=O) groups is 1. The van der Waals surface area contributed by atoms with Gasteiger partial charge in [0.2, 0.25) is 5.91 Å². The lowest BCUT2D eigenvalue weighted by atomic mass is 10.0. The number of carbonyl (C=O) groups excluding carboxylic acids is 1. The molecule has 0 aliphatic carbocycles. The Hall–Kier alpha value is -1.37. The third kappa shape index (κ3) is 2.65. The molecular formula is C12H17N3O3S. The van der Waals surface area contributed by atoms with Crippen LogP contribution in [0.1, 0.15) is 18.7 Å². The summed E-state index contributed by atoms with van der Waals surface area (Å²) in [6.07, 6.45) is 5.84. The van der Waals surface area contributed by atoms with E-state index < -0.39 is 9.84 Å². The number of hydrogen-bond acceptors (Lipinski definition) is 4. The first-order valence-electron chi connectivity index (χ1n) is 6.54. The predicted octanol–water partition coefficient (Wildman–Crippen LogP) is -0.251. The second-order valence-electron chi connectivity index (χ2n) is 5.34. The first kappa shape index (κ1) is 12.7. The molecule has 2 aliphatic heterocycles. The summed E-state index contributed by atoms with van der Waals surface area (Å²) in [5.41, 5.74) is 0. The molecule has 0 radical (unpaired) electrons. The van der Waals surface area contributed by atoms with Gasteiger partial charge in [-0.05, 0) is 12.8 Å². The second-order valence-corrected chi connectivity index (χ2v) is 7.57. The third-order valence-corrected chi connectivity index (χ3v) is 5.65. The zero-order chi connectivity index (χ0) is 13.5. The fourth-order valence-corrected chi connectivity index (χ4v) is 4.55. The summed E-state index contributed by atoms with van der Waals surface area (Å²) in [4.78, 5) is 16.3. The van der Waals surface area contributed by atoms with E-state index >= 15 is 0 Å². The maximum Gasteiger partial charge on any atom is 0.224 e. The lowest BCUT2D eigenvalue weighted by molar-refractivity contribution is -0.125. The number of amides is 1. The van der Waals surface area contributed by atoms with Crippen LogP contribution >= 0.6 is 0 Å². The van der Waals surface area contributed by atoms with Crippen molar-refractivity contribution in [3.63, 3.8) is 0 Å². The Morgan fingerprint density at radius 1 is 1.42 bits per heavy atom. The minimum Gasteiger partial charge on any atom is -0.351 e. The highest BCUT2D eigenvalue weighted by molar-refractivity contribution is 7.91. The summed E-state index contributed by atoms with van der Waals surface area (Å²) < 4.78 is 24.8. The average molecular weight is 283 g/mol. The minimum absolute atomic E-state index is 0.00186. The van der Waals surface area contributed by atoms with Crippen molar-refractivity contribution < 1.29 is 13.2 Å². The fourth-order valence-electron chi connectivity index (χ4n) is 2.81. The third-order valence-electron chi connectivity index (χ3n) is 3.88. The Morgan fingerprint density at radius 2 is 2.26 bits per heavy atom. The van der Waals surface area contributed by atoms with Crippen molar-refractivity contribution in [3.8, 4) is 0 Å². The molecular weight excluding hydrogens is 266 g/mol. The molecule has 1 aromatic heterocycles. The standard InChI is InChI=1S/C12H17N3O3S/c16-12(9-3-6-19(17,18)8-9)14-10-1-2-11-13-4-5-15(11)7-10/h4-5,9-10H,1-3,6-8H2,(H,14,16). The SMILES string of the molecule is O=C(NC1CCc2nccn2C1)C1CCS(=O)(=O)C1. The molecule has 3 heterocycles. The molecule has 0 aromatic carbocycles. The van der Waals surface area contributed by atoms with Crippen molar-refractivity contribution in [3.05, 3.63) is 18.2 Å².